The molecule has 196 valence electrons. The van der Waals surface area contributed by atoms with Gasteiger partial charge in [-0.3, -0.25) is 19.1 Å². The van der Waals surface area contributed by atoms with Gasteiger partial charge in [0.05, 0.1) is 36.2 Å². The number of benzene rings is 1. The summed E-state index contributed by atoms with van der Waals surface area (Å²) in [5.41, 5.74) is 8.04. The first kappa shape index (κ1) is 24.1. The van der Waals surface area contributed by atoms with Crippen LogP contribution in [0.3, 0.4) is 0 Å². The van der Waals surface area contributed by atoms with E-state index >= 15 is 0 Å². The lowest BCUT2D eigenvalue weighted by molar-refractivity contribution is -0.139. The lowest BCUT2D eigenvalue weighted by Crippen LogP contribution is -2.50. The number of aliphatic imine (C=N–C) groups is 2. The van der Waals surface area contributed by atoms with Crippen LogP contribution in [0.5, 0.6) is 0 Å². The Morgan fingerprint density at radius 1 is 1.15 bits per heavy atom. The van der Waals surface area contributed by atoms with Crippen molar-refractivity contribution in [2.24, 2.45) is 25.9 Å². The number of aromatic nitrogens is 4. The van der Waals surface area contributed by atoms with Gasteiger partial charge in [0.25, 0.3) is 5.91 Å². The summed E-state index contributed by atoms with van der Waals surface area (Å²) in [5.74, 6) is -1.55. The molecule has 0 saturated carbocycles. The molecule has 3 aliphatic heterocycles. The van der Waals surface area contributed by atoms with Crippen LogP contribution in [0, 0.1) is 0 Å². The molecule has 3 atom stereocenters. The maximum atomic E-state index is 14.5. The Labute approximate surface area is 219 Å². The van der Waals surface area contributed by atoms with E-state index in [0.29, 0.717) is 22.3 Å². The van der Waals surface area contributed by atoms with E-state index in [1.165, 1.54) is 22.1 Å². The third kappa shape index (κ3) is 4.43. The molecule has 1 aromatic carbocycles. The topological polar surface area (TPSA) is 186 Å². The highest BCUT2D eigenvalue weighted by Gasteiger charge is 2.41. The molecule has 3 aromatic rings. The van der Waals surface area contributed by atoms with Gasteiger partial charge >= 0.3 is 0 Å². The Kier molecular flexibility index (Phi) is 5.94. The molecule has 3 aliphatic rings. The normalized spacial score (nSPS) is 21.6. The number of carbonyl (C=O) groups is 3. The van der Waals surface area contributed by atoms with Crippen molar-refractivity contribution in [1.82, 2.24) is 30.2 Å². The summed E-state index contributed by atoms with van der Waals surface area (Å²) < 4.78 is 15.8. The number of hydrogen-bond acceptors (Lipinski definition) is 10. The van der Waals surface area contributed by atoms with Crippen molar-refractivity contribution in [1.29, 1.82) is 0 Å². The van der Waals surface area contributed by atoms with Crippen LogP contribution in [-0.4, -0.2) is 79.7 Å². The number of primary amides is 1. The molecule has 14 nitrogen and oxygen atoms in total. The van der Waals surface area contributed by atoms with Crippen molar-refractivity contribution in [2.45, 2.75) is 31.3 Å². The fourth-order valence-electron chi connectivity index (χ4n) is 4.79. The van der Waals surface area contributed by atoms with Gasteiger partial charge < -0.3 is 16.0 Å². The SMILES string of the molecule is NC(=O)c1nn(CC(=O)N2CC(F)CC2C(=O)NC2N=CN=C3N=NC=C32)c2ccc(-c3ccnnc3)cc12. The van der Waals surface area contributed by atoms with Gasteiger partial charge in [0.15, 0.2) is 17.7 Å². The van der Waals surface area contributed by atoms with Crippen molar-refractivity contribution < 1.29 is 18.8 Å². The van der Waals surface area contributed by atoms with Gasteiger partial charge in [0.1, 0.15) is 25.1 Å². The zero-order valence-electron chi connectivity index (χ0n) is 20.2. The number of alkyl halides is 1. The highest BCUT2D eigenvalue weighted by Crippen LogP contribution is 2.27. The van der Waals surface area contributed by atoms with E-state index in [1.807, 2.05) is 0 Å². The molecule has 0 radical (unpaired) electrons. The average Bonchev–Trinajstić information content (AvgIpc) is 3.66. The van der Waals surface area contributed by atoms with Crippen LogP contribution >= 0.6 is 0 Å². The lowest BCUT2D eigenvalue weighted by atomic mass is 10.0. The second-order valence-electron chi connectivity index (χ2n) is 9.06. The maximum Gasteiger partial charge on any atom is 0.269 e. The van der Waals surface area contributed by atoms with Crippen molar-refractivity contribution in [3.8, 4) is 11.1 Å². The van der Waals surface area contributed by atoms with E-state index in [9.17, 15) is 18.8 Å². The molecular weight excluding hydrogens is 509 g/mol. The molecule has 0 aliphatic carbocycles. The molecule has 39 heavy (non-hydrogen) atoms. The quantitative estimate of drug-likeness (QED) is 0.475. The largest absolute Gasteiger partial charge is 0.364 e. The first-order chi connectivity index (χ1) is 18.9. The number of halogens is 1. The summed E-state index contributed by atoms with van der Waals surface area (Å²) in [6, 6.07) is 5.91. The fraction of sp³-hybridized carbons (Fsp3) is 0.250. The molecule has 5 heterocycles. The molecule has 1 fully saturated rings. The van der Waals surface area contributed by atoms with Gasteiger partial charge in [-0.25, -0.2) is 14.4 Å². The Bertz CT molecular complexity index is 1630. The molecule has 15 heteroatoms. The number of amides is 3. The number of carbonyl (C=O) groups excluding carboxylic acids is 3. The molecule has 3 amide bonds. The molecule has 6 rings (SSSR count). The number of hydrogen-bond donors (Lipinski definition) is 2. The molecule has 3 N–H and O–H groups in total. The van der Waals surface area contributed by atoms with Crippen LogP contribution in [0.2, 0.25) is 0 Å². The van der Waals surface area contributed by atoms with Gasteiger partial charge in [-0.1, -0.05) is 6.07 Å². The number of nitrogens with two attached hydrogens (primary N) is 1. The number of amidine groups is 1. The zero-order valence-corrected chi connectivity index (χ0v) is 20.2. The smallest absolute Gasteiger partial charge is 0.269 e. The second-order valence-corrected chi connectivity index (χ2v) is 9.06. The van der Waals surface area contributed by atoms with Crippen LogP contribution in [-0.2, 0) is 16.1 Å². The Morgan fingerprint density at radius 2 is 2.03 bits per heavy atom. The van der Waals surface area contributed by atoms with Crippen LogP contribution in [0.1, 0.15) is 16.9 Å². The number of likely N-dealkylation sites (tertiary alicyclic amines) is 1. The number of azo groups is 1. The van der Waals surface area contributed by atoms with Crippen molar-refractivity contribution in [3.05, 3.63) is 54.1 Å². The predicted molar refractivity (Wildman–Crippen MR) is 135 cm³/mol. The van der Waals surface area contributed by atoms with E-state index in [4.69, 9.17) is 5.73 Å². The molecule has 0 bridgehead atoms. The summed E-state index contributed by atoms with van der Waals surface area (Å²) >= 11 is 0. The lowest BCUT2D eigenvalue weighted by Gasteiger charge is -2.26. The summed E-state index contributed by atoms with van der Waals surface area (Å²) in [6.45, 7) is -0.594. The van der Waals surface area contributed by atoms with E-state index in [-0.39, 0.29) is 25.2 Å². The standard InChI is InChI=1S/C24H20FN11O3/c25-14-6-18(24(39)32-22-16-8-31-33-23(16)28-11-27-22)35(9-14)19(37)10-36-17-2-1-12(13-3-4-29-30-7-13)5-15(17)20(34-36)21(26)38/h1-5,7-8,11,14,18,22H,6,9-10H2,(H2,26,38)(H,32,39). The van der Waals surface area contributed by atoms with Gasteiger partial charge in [0, 0.05) is 17.4 Å². The van der Waals surface area contributed by atoms with Gasteiger partial charge in [-0.15, -0.1) is 5.11 Å². The summed E-state index contributed by atoms with van der Waals surface area (Å²) in [6.07, 6.45) is 3.45. The zero-order chi connectivity index (χ0) is 27.1. The summed E-state index contributed by atoms with van der Waals surface area (Å²) in [7, 11) is 0. The molecule has 3 unspecified atom stereocenters. The minimum absolute atomic E-state index is 0.0194. The summed E-state index contributed by atoms with van der Waals surface area (Å²) in [5, 5.41) is 22.7. The summed E-state index contributed by atoms with van der Waals surface area (Å²) in [4.78, 5) is 47.9. The van der Waals surface area contributed by atoms with E-state index in [0.717, 1.165) is 11.1 Å². The molecule has 0 spiro atoms. The second kappa shape index (κ2) is 9.59. The van der Waals surface area contributed by atoms with Crippen LogP contribution in [0.15, 0.2) is 68.6 Å². The van der Waals surface area contributed by atoms with E-state index in [2.05, 4.69) is 40.8 Å². The van der Waals surface area contributed by atoms with Gasteiger partial charge in [-0.2, -0.15) is 20.4 Å². The highest BCUT2D eigenvalue weighted by molar-refractivity contribution is 6.07. The third-order valence-corrected chi connectivity index (χ3v) is 6.64. The minimum atomic E-state index is -1.39. The number of fused-ring (bicyclic) bond motifs is 2. The monoisotopic (exact) mass is 529 g/mol. The van der Waals surface area contributed by atoms with E-state index < -0.39 is 36.1 Å². The highest BCUT2D eigenvalue weighted by atomic mass is 19.1. The Balaban J connectivity index is 1.24. The van der Waals surface area contributed by atoms with Crippen LogP contribution in [0.25, 0.3) is 22.0 Å². The van der Waals surface area contributed by atoms with E-state index in [1.54, 1.807) is 36.7 Å². The third-order valence-electron chi connectivity index (χ3n) is 6.64. The molecule has 2 aromatic heterocycles. The molecular formula is C24H20FN11O3. The number of rotatable bonds is 6. The van der Waals surface area contributed by atoms with Crippen LogP contribution < -0.4 is 11.1 Å². The predicted octanol–water partition coefficient (Wildman–Crippen LogP) is 0.764. The maximum absolute atomic E-state index is 14.5. The first-order valence-corrected chi connectivity index (χ1v) is 11.9. The fourth-order valence-corrected chi connectivity index (χ4v) is 4.79. The Hall–Kier alpha value is -5.21. The van der Waals surface area contributed by atoms with Gasteiger partial charge in [-0.05, 0) is 23.8 Å². The number of nitrogens with one attached hydrogen (secondary N) is 1. The average molecular weight is 529 g/mol. The van der Waals surface area contributed by atoms with Crippen molar-refractivity contribution in [3.63, 3.8) is 0 Å². The van der Waals surface area contributed by atoms with Crippen molar-refractivity contribution >= 4 is 40.8 Å². The first-order valence-electron chi connectivity index (χ1n) is 11.9. The van der Waals surface area contributed by atoms with Gasteiger partial charge in [0.2, 0.25) is 11.8 Å². The number of nitrogens with zero attached hydrogens (tertiary/aromatic N) is 9. The van der Waals surface area contributed by atoms with Crippen LogP contribution in [0.4, 0.5) is 4.39 Å². The minimum Gasteiger partial charge on any atom is -0.364 e. The molecule has 1 saturated heterocycles. The Morgan fingerprint density at radius 3 is 2.82 bits per heavy atom. The van der Waals surface area contributed by atoms with Crippen molar-refractivity contribution in [2.75, 3.05) is 6.54 Å².